The largest absolute Gasteiger partial charge is 0.332 e. The molecule has 0 radical (unpaired) electrons. The van der Waals surface area contributed by atoms with Crippen LogP contribution in [0.3, 0.4) is 0 Å². The quantitative estimate of drug-likeness (QED) is 0.635. The minimum atomic E-state index is -0.409. The second-order valence-corrected chi connectivity index (χ2v) is 6.12. The monoisotopic (exact) mass is 382 g/mol. The van der Waals surface area contributed by atoms with Crippen molar-refractivity contribution in [2.45, 2.75) is 6.54 Å². The number of benzene rings is 1. The Bertz CT molecular complexity index is 985. The van der Waals surface area contributed by atoms with Gasteiger partial charge in [0.1, 0.15) is 0 Å². The first-order valence-corrected chi connectivity index (χ1v) is 7.63. The Morgan fingerprint density at radius 3 is 2.41 bits per heavy atom. The Hall–Kier alpha value is -1.86. The third kappa shape index (κ3) is 2.30. The Balaban J connectivity index is 2.26. The lowest BCUT2D eigenvalue weighted by Gasteiger charge is -2.09. The van der Waals surface area contributed by atoms with Crippen LogP contribution in [-0.4, -0.2) is 18.7 Å². The molecule has 114 valence electrons. The maximum Gasteiger partial charge on any atom is 0.332 e. The van der Waals surface area contributed by atoms with Crippen LogP contribution in [-0.2, 0) is 20.6 Å². The van der Waals surface area contributed by atoms with Gasteiger partial charge in [0.25, 0.3) is 5.56 Å². The van der Waals surface area contributed by atoms with Crippen LogP contribution in [0.15, 0.2) is 38.6 Å². The minimum absolute atomic E-state index is 0.255. The smallest absolute Gasteiger partial charge is 0.300 e. The fourth-order valence-electron chi connectivity index (χ4n) is 2.38. The van der Waals surface area contributed by atoms with Crippen LogP contribution < -0.4 is 11.2 Å². The lowest BCUT2D eigenvalue weighted by Crippen LogP contribution is -2.37. The maximum atomic E-state index is 12.2. The summed E-state index contributed by atoms with van der Waals surface area (Å²) in [5.41, 5.74) is 0.925. The van der Waals surface area contributed by atoms with Gasteiger partial charge in [0.2, 0.25) is 0 Å². The van der Waals surface area contributed by atoms with Gasteiger partial charge in [-0.25, -0.2) is 9.78 Å². The fraction of sp³-hybridized carbons (Fsp3) is 0.214. The van der Waals surface area contributed by atoms with E-state index in [2.05, 4.69) is 20.9 Å². The number of halogens is 2. The number of aryl methyl sites for hydroxylation is 1. The Morgan fingerprint density at radius 1 is 1.14 bits per heavy atom. The molecule has 2 aromatic heterocycles. The van der Waals surface area contributed by atoms with E-state index < -0.39 is 5.56 Å². The Labute approximate surface area is 138 Å². The molecule has 0 N–H and O–H groups in total. The number of fused-ring (bicyclic) bond motifs is 1. The van der Waals surface area contributed by atoms with E-state index in [1.807, 2.05) is 12.1 Å². The standard InChI is InChI=1S/C14H12BrClN4O2/c1-18-11-10(12(21)19(2)14(18)22)17-13(15)20(11)7-8-3-5-9(16)6-4-8/h3-6H,7H2,1-2H3. The van der Waals surface area contributed by atoms with Crippen LogP contribution >= 0.6 is 27.5 Å². The SMILES string of the molecule is Cn1c(=O)c2nc(Br)n(Cc3ccc(Cl)cc3)c2n(C)c1=O. The van der Waals surface area contributed by atoms with Gasteiger partial charge in [-0.05, 0) is 33.6 Å². The topological polar surface area (TPSA) is 61.8 Å². The first-order valence-electron chi connectivity index (χ1n) is 6.46. The molecule has 3 aromatic rings. The summed E-state index contributed by atoms with van der Waals surface area (Å²) in [7, 11) is 3.06. The number of hydrogen-bond donors (Lipinski definition) is 0. The molecular weight excluding hydrogens is 372 g/mol. The van der Waals surface area contributed by atoms with Crippen molar-refractivity contribution in [2.75, 3.05) is 0 Å². The number of nitrogens with zero attached hydrogens (tertiary/aromatic N) is 4. The molecule has 0 bridgehead atoms. The molecule has 0 fully saturated rings. The van der Waals surface area contributed by atoms with Crippen molar-refractivity contribution < 1.29 is 0 Å². The van der Waals surface area contributed by atoms with Gasteiger partial charge in [0.05, 0.1) is 6.54 Å². The molecule has 0 aliphatic heterocycles. The van der Waals surface area contributed by atoms with Crippen molar-refractivity contribution in [2.24, 2.45) is 14.1 Å². The molecule has 8 heteroatoms. The van der Waals surface area contributed by atoms with Crippen molar-refractivity contribution in [1.82, 2.24) is 18.7 Å². The molecule has 0 spiro atoms. The second-order valence-electron chi connectivity index (χ2n) is 4.97. The van der Waals surface area contributed by atoms with Crippen LogP contribution in [0.25, 0.3) is 11.2 Å². The van der Waals surface area contributed by atoms with Crippen molar-refractivity contribution in [3.8, 4) is 0 Å². The summed E-state index contributed by atoms with van der Waals surface area (Å²) >= 11 is 9.25. The summed E-state index contributed by atoms with van der Waals surface area (Å²) < 4.78 is 4.75. The number of rotatable bonds is 2. The predicted molar refractivity (Wildman–Crippen MR) is 88.5 cm³/mol. The van der Waals surface area contributed by atoms with E-state index in [4.69, 9.17) is 11.6 Å². The normalized spacial score (nSPS) is 11.3. The molecule has 3 rings (SSSR count). The van der Waals surface area contributed by atoms with Crippen LogP contribution in [0.1, 0.15) is 5.56 Å². The molecule has 0 atom stereocenters. The molecule has 0 saturated carbocycles. The minimum Gasteiger partial charge on any atom is -0.300 e. The summed E-state index contributed by atoms with van der Waals surface area (Å²) in [4.78, 5) is 28.6. The highest BCUT2D eigenvalue weighted by Crippen LogP contribution is 2.19. The number of aromatic nitrogens is 4. The highest BCUT2D eigenvalue weighted by atomic mass is 79.9. The predicted octanol–water partition coefficient (Wildman–Crippen LogP) is 1.90. The van der Waals surface area contributed by atoms with Crippen molar-refractivity contribution in [1.29, 1.82) is 0 Å². The van der Waals surface area contributed by atoms with Crippen LogP contribution in [0, 0.1) is 0 Å². The highest BCUT2D eigenvalue weighted by Gasteiger charge is 2.17. The van der Waals surface area contributed by atoms with Gasteiger partial charge in [-0.1, -0.05) is 23.7 Å². The van der Waals surface area contributed by atoms with Gasteiger partial charge in [-0.2, -0.15) is 0 Å². The summed E-state index contributed by atoms with van der Waals surface area (Å²) in [5.74, 6) is 0. The summed E-state index contributed by atoms with van der Waals surface area (Å²) in [6.45, 7) is 0.467. The average molecular weight is 384 g/mol. The van der Waals surface area contributed by atoms with Gasteiger partial charge in [0, 0.05) is 19.1 Å². The Kier molecular flexibility index (Phi) is 3.70. The van der Waals surface area contributed by atoms with Gasteiger partial charge < -0.3 is 0 Å². The van der Waals surface area contributed by atoms with E-state index in [0.29, 0.717) is 21.9 Å². The van der Waals surface area contributed by atoms with E-state index >= 15 is 0 Å². The third-order valence-electron chi connectivity index (χ3n) is 3.55. The first kappa shape index (κ1) is 15.1. The molecule has 2 heterocycles. The molecule has 1 aromatic carbocycles. The average Bonchev–Trinajstić information content (AvgIpc) is 2.82. The first-order chi connectivity index (χ1) is 10.4. The summed E-state index contributed by atoms with van der Waals surface area (Å²) in [6.07, 6.45) is 0. The van der Waals surface area contributed by atoms with Crippen LogP contribution in [0.2, 0.25) is 5.02 Å². The van der Waals surface area contributed by atoms with E-state index in [1.165, 1.54) is 11.6 Å². The van der Waals surface area contributed by atoms with E-state index in [1.54, 1.807) is 23.7 Å². The number of hydrogen-bond acceptors (Lipinski definition) is 3. The van der Waals surface area contributed by atoms with E-state index in [9.17, 15) is 9.59 Å². The molecule has 0 aliphatic rings. The molecule has 0 aliphatic carbocycles. The number of imidazole rings is 1. The summed E-state index contributed by atoms with van der Waals surface area (Å²) in [5, 5.41) is 0.652. The second kappa shape index (κ2) is 5.40. The zero-order valence-electron chi connectivity index (χ0n) is 11.9. The molecule has 0 unspecified atom stereocenters. The van der Waals surface area contributed by atoms with Crippen LogP contribution in [0.4, 0.5) is 0 Å². The van der Waals surface area contributed by atoms with Gasteiger partial charge in [-0.15, -0.1) is 0 Å². The lowest BCUT2D eigenvalue weighted by molar-refractivity contribution is 0.685. The fourth-order valence-corrected chi connectivity index (χ4v) is 2.97. The van der Waals surface area contributed by atoms with E-state index in [0.717, 1.165) is 10.1 Å². The molecular formula is C14H12BrClN4O2. The molecule has 22 heavy (non-hydrogen) atoms. The van der Waals surface area contributed by atoms with Crippen molar-refractivity contribution in [3.63, 3.8) is 0 Å². The zero-order chi connectivity index (χ0) is 16.0. The zero-order valence-corrected chi connectivity index (χ0v) is 14.2. The van der Waals surface area contributed by atoms with Gasteiger partial charge in [-0.3, -0.25) is 18.5 Å². The van der Waals surface area contributed by atoms with Gasteiger partial charge >= 0.3 is 5.69 Å². The van der Waals surface area contributed by atoms with Crippen molar-refractivity contribution >= 4 is 38.7 Å². The third-order valence-corrected chi connectivity index (χ3v) is 4.40. The highest BCUT2D eigenvalue weighted by molar-refractivity contribution is 9.10. The maximum absolute atomic E-state index is 12.2. The van der Waals surface area contributed by atoms with Gasteiger partial charge in [0.15, 0.2) is 15.9 Å². The van der Waals surface area contributed by atoms with Crippen molar-refractivity contribution in [3.05, 3.63) is 60.4 Å². The van der Waals surface area contributed by atoms with E-state index in [-0.39, 0.29) is 11.2 Å². The van der Waals surface area contributed by atoms with Crippen LogP contribution in [0.5, 0.6) is 0 Å². The molecule has 0 saturated heterocycles. The Morgan fingerprint density at radius 2 is 1.77 bits per heavy atom. The summed E-state index contributed by atoms with van der Waals surface area (Å²) in [6, 6.07) is 7.36. The molecule has 6 nitrogen and oxygen atoms in total. The lowest BCUT2D eigenvalue weighted by atomic mass is 10.2. The molecule has 0 amide bonds.